The Morgan fingerprint density at radius 2 is 1.89 bits per heavy atom. The first-order valence-corrected chi connectivity index (χ1v) is 13.6. The Morgan fingerprint density at radius 1 is 1.17 bits per heavy atom. The molecule has 4 N–H and O–H groups in total. The average molecular weight is 634 g/mol. The van der Waals surface area contributed by atoms with Gasteiger partial charge in [0.25, 0.3) is 5.89 Å². The molecule has 0 aliphatic heterocycles. The summed E-state index contributed by atoms with van der Waals surface area (Å²) in [5.41, 5.74) is 1.21. The Hall–Kier alpha value is -2.62. The zero-order valence-corrected chi connectivity index (χ0v) is 22.1. The molecule has 194 valence electrons. The van der Waals surface area contributed by atoms with Gasteiger partial charge in [-0.15, -0.1) is 0 Å². The number of nitrogens with one attached hydrogen (secondary N) is 3. The van der Waals surface area contributed by atoms with E-state index in [0.717, 1.165) is 33.6 Å². The van der Waals surface area contributed by atoms with Gasteiger partial charge in [-0.3, -0.25) is 9.52 Å². The van der Waals surface area contributed by atoms with Crippen molar-refractivity contribution in [2.45, 2.75) is 32.0 Å². The number of aliphatic hydroxyl groups excluding tert-OH is 1. The molecule has 0 radical (unpaired) electrons. The summed E-state index contributed by atoms with van der Waals surface area (Å²) in [4.78, 5) is 16.6. The molecule has 9 nitrogen and oxygen atoms in total. The number of aliphatic hydroxyl groups is 1. The van der Waals surface area contributed by atoms with Crippen LogP contribution in [0.1, 0.15) is 28.7 Å². The zero-order chi connectivity index (χ0) is 26.3. The molecule has 2 unspecified atom stereocenters. The molecule has 0 spiro atoms. The molecule has 0 saturated carbocycles. The molecule has 2 aromatic carbocycles. The third-order valence-corrected chi connectivity index (χ3v) is 7.02. The summed E-state index contributed by atoms with van der Waals surface area (Å²) in [5, 5.41) is 16.5. The number of anilines is 1. The second kappa shape index (κ2) is 12.6. The normalized spacial score (nSPS) is 13.2. The number of amides is 1. The molecule has 0 bridgehead atoms. The van der Waals surface area contributed by atoms with E-state index in [-0.39, 0.29) is 30.1 Å². The van der Waals surface area contributed by atoms with E-state index in [0.29, 0.717) is 6.54 Å². The highest BCUT2D eigenvalue weighted by atomic mass is 127. The van der Waals surface area contributed by atoms with Gasteiger partial charge in [-0.05, 0) is 71.3 Å². The fourth-order valence-corrected chi connectivity index (χ4v) is 4.47. The summed E-state index contributed by atoms with van der Waals surface area (Å²) in [6.45, 7) is 1.94. The molecule has 1 amide bonds. The summed E-state index contributed by atoms with van der Waals surface area (Å²) in [6, 6.07) is 9.71. The van der Waals surface area contributed by atoms with Crippen LogP contribution >= 0.6 is 22.6 Å². The number of hydrogen-bond donors (Lipinski definition) is 4. The Balaban J connectivity index is 1.71. The third kappa shape index (κ3) is 8.50. The van der Waals surface area contributed by atoms with E-state index in [2.05, 4.69) is 42.9 Å². The second-order valence-electron chi connectivity index (χ2n) is 7.93. The first kappa shape index (κ1) is 28.0. The molecule has 0 aliphatic carbocycles. The molecule has 0 saturated heterocycles. The van der Waals surface area contributed by atoms with Crippen molar-refractivity contribution in [1.29, 1.82) is 0 Å². The molecule has 13 heteroatoms. The molecule has 0 fully saturated rings. The van der Waals surface area contributed by atoms with E-state index in [1.165, 1.54) is 6.92 Å². The Morgan fingerprint density at radius 3 is 2.56 bits per heavy atom. The van der Waals surface area contributed by atoms with Crippen LogP contribution in [0.15, 0.2) is 53.1 Å². The van der Waals surface area contributed by atoms with Gasteiger partial charge in [0, 0.05) is 22.7 Å². The number of nitrogens with zero attached hydrogens (tertiary/aromatic N) is 1. The third-order valence-electron chi connectivity index (χ3n) is 5.07. The van der Waals surface area contributed by atoms with Gasteiger partial charge in [0.05, 0.1) is 17.9 Å². The fraction of sp³-hybridized carbons (Fsp3) is 0.304. The van der Waals surface area contributed by atoms with Crippen LogP contribution in [0.4, 0.5) is 14.6 Å². The molecular formula is C23H25F2IN4O5S. The first-order chi connectivity index (χ1) is 17.0. The minimum atomic E-state index is -3.63. The zero-order valence-electron chi connectivity index (χ0n) is 19.2. The average Bonchev–Trinajstić information content (AvgIpc) is 3.26. The van der Waals surface area contributed by atoms with E-state index in [1.807, 2.05) is 24.3 Å². The summed E-state index contributed by atoms with van der Waals surface area (Å²) < 4.78 is 59.1. The van der Waals surface area contributed by atoms with E-state index < -0.39 is 45.6 Å². The summed E-state index contributed by atoms with van der Waals surface area (Å²) in [7, 11) is -3.63. The number of carbonyl (C=O) groups excluding carboxylic acids is 1. The highest BCUT2D eigenvalue weighted by Crippen LogP contribution is 2.14. The first-order valence-electron chi connectivity index (χ1n) is 10.9. The van der Waals surface area contributed by atoms with Crippen molar-refractivity contribution in [3.8, 4) is 0 Å². The predicted octanol–water partition coefficient (Wildman–Crippen LogP) is 2.81. The lowest BCUT2D eigenvalue weighted by atomic mass is 10.0. The SMILES string of the molecule is CCS(=O)(=O)Nc1coc(C(=O)NC(Cc2cc(F)cc(F)c2)C(O)CNCc2cccc(I)c2)n1. The van der Waals surface area contributed by atoms with Crippen molar-refractivity contribution in [2.24, 2.45) is 0 Å². The monoisotopic (exact) mass is 634 g/mol. The Bertz CT molecular complexity index is 1280. The lowest BCUT2D eigenvalue weighted by Crippen LogP contribution is -2.48. The van der Waals surface area contributed by atoms with E-state index in [4.69, 9.17) is 4.42 Å². The molecule has 2 atom stereocenters. The number of carbonyl (C=O) groups is 1. The largest absolute Gasteiger partial charge is 0.439 e. The number of oxazole rings is 1. The van der Waals surface area contributed by atoms with Crippen LogP contribution in [-0.4, -0.2) is 48.9 Å². The molecule has 3 rings (SSSR count). The van der Waals surface area contributed by atoms with Crippen LogP contribution in [0.2, 0.25) is 0 Å². The van der Waals surface area contributed by atoms with E-state index in [1.54, 1.807) is 0 Å². The maximum absolute atomic E-state index is 13.7. The Kier molecular flexibility index (Phi) is 9.76. The van der Waals surface area contributed by atoms with Crippen LogP contribution in [0, 0.1) is 15.2 Å². The highest BCUT2D eigenvalue weighted by Gasteiger charge is 2.25. The van der Waals surface area contributed by atoms with Gasteiger partial charge in [-0.2, -0.15) is 4.98 Å². The maximum Gasteiger partial charge on any atom is 0.307 e. The molecule has 0 aliphatic rings. The van der Waals surface area contributed by atoms with Gasteiger partial charge in [0.1, 0.15) is 17.9 Å². The lowest BCUT2D eigenvalue weighted by molar-refractivity contribution is 0.0798. The van der Waals surface area contributed by atoms with Crippen LogP contribution in [0.25, 0.3) is 0 Å². The van der Waals surface area contributed by atoms with Gasteiger partial charge in [0.2, 0.25) is 10.0 Å². The smallest absolute Gasteiger partial charge is 0.307 e. The Labute approximate surface area is 220 Å². The number of rotatable bonds is 12. The number of halogens is 3. The number of sulfonamides is 1. The van der Waals surface area contributed by atoms with Gasteiger partial charge in [-0.25, -0.2) is 17.2 Å². The van der Waals surface area contributed by atoms with Crippen LogP contribution in [-0.2, 0) is 23.0 Å². The van der Waals surface area contributed by atoms with Crippen molar-refractivity contribution in [3.63, 3.8) is 0 Å². The topological polar surface area (TPSA) is 134 Å². The quantitative estimate of drug-likeness (QED) is 0.225. The van der Waals surface area contributed by atoms with Gasteiger partial charge >= 0.3 is 5.91 Å². The minimum Gasteiger partial charge on any atom is -0.439 e. The van der Waals surface area contributed by atoms with Gasteiger partial charge < -0.3 is 20.2 Å². The minimum absolute atomic E-state index is 0.0569. The van der Waals surface area contributed by atoms with Crippen molar-refractivity contribution in [3.05, 3.63) is 80.9 Å². The second-order valence-corrected chi connectivity index (χ2v) is 11.2. The van der Waals surface area contributed by atoms with Crippen molar-refractivity contribution >= 4 is 44.3 Å². The van der Waals surface area contributed by atoms with Crippen molar-refractivity contribution < 1.29 is 31.5 Å². The number of hydrogen-bond acceptors (Lipinski definition) is 7. The molecular weight excluding hydrogens is 609 g/mol. The highest BCUT2D eigenvalue weighted by molar-refractivity contribution is 14.1. The summed E-state index contributed by atoms with van der Waals surface area (Å²) in [6.07, 6.45) is -0.281. The summed E-state index contributed by atoms with van der Waals surface area (Å²) in [5.74, 6) is -3.24. The van der Waals surface area contributed by atoms with Crippen LogP contribution in [0.5, 0.6) is 0 Å². The van der Waals surface area contributed by atoms with E-state index in [9.17, 15) is 27.1 Å². The van der Waals surface area contributed by atoms with Crippen molar-refractivity contribution in [2.75, 3.05) is 17.0 Å². The van der Waals surface area contributed by atoms with Gasteiger partial charge in [-0.1, -0.05) is 12.1 Å². The molecule has 36 heavy (non-hydrogen) atoms. The maximum atomic E-state index is 13.7. The lowest BCUT2D eigenvalue weighted by Gasteiger charge is -2.24. The van der Waals surface area contributed by atoms with Crippen LogP contribution < -0.4 is 15.4 Å². The van der Waals surface area contributed by atoms with Crippen molar-refractivity contribution in [1.82, 2.24) is 15.6 Å². The number of aromatic nitrogens is 1. The summed E-state index contributed by atoms with van der Waals surface area (Å²) >= 11 is 2.19. The standard InChI is InChI=1S/C23H25F2IN4O5S/c1-2-36(33,34)30-21-13-35-23(29-21)22(32)28-19(9-15-6-16(24)10-17(25)7-15)20(31)12-27-11-14-4-3-5-18(26)8-14/h3-8,10,13,19-20,27,30-31H,2,9,11-12H2,1H3,(H,28,32). The number of benzene rings is 2. The molecule has 3 aromatic rings. The fourth-order valence-electron chi connectivity index (χ4n) is 3.31. The molecule has 1 aromatic heterocycles. The van der Waals surface area contributed by atoms with Crippen LogP contribution in [0.3, 0.4) is 0 Å². The predicted molar refractivity (Wildman–Crippen MR) is 138 cm³/mol. The molecule has 1 heterocycles. The van der Waals surface area contributed by atoms with Gasteiger partial charge in [0.15, 0.2) is 5.82 Å². The van der Waals surface area contributed by atoms with E-state index >= 15 is 0 Å².